The molecule has 1 aromatic heterocycles. The Morgan fingerprint density at radius 2 is 2.05 bits per heavy atom. The lowest BCUT2D eigenvalue weighted by atomic mass is 10.1. The average Bonchev–Trinajstić information content (AvgIpc) is 2.96. The van der Waals surface area contributed by atoms with Crippen molar-refractivity contribution in [1.82, 2.24) is 4.98 Å². The summed E-state index contributed by atoms with van der Waals surface area (Å²) in [6.45, 7) is 4.23. The van der Waals surface area contributed by atoms with Gasteiger partial charge in [-0.15, -0.1) is 11.6 Å². The van der Waals surface area contributed by atoms with Crippen molar-refractivity contribution < 1.29 is 9.47 Å². The van der Waals surface area contributed by atoms with Gasteiger partial charge in [-0.3, -0.25) is 0 Å². The quantitative estimate of drug-likeness (QED) is 0.760. The third-order valence-corrected chi connectivity index (χ3v) is 3.84. The molecule has 0 atom stereocenters. The predicted octanol–water partition coefficient (Wildman–Crippen LogP) is 3.81. The number of alkyl halides is 1. The Balaban J connectivity index is 2.03. The smallest absolute Gasteiger partial charge is 0.231 e. The van der Waals surface area contributed by atoms with Crippen molar-refractivity contribution in [2.75, 3.05) is 30.7 Å². The average molecular weight is 307 g/mol. The van der Waals surface area contributed by atoms with Gasteiger partial charge in [-0.05, 0) is 30.0 Å². The van der Waals surface area contributed by atoms with E-state index in [0.29, 0.717) is 5.88 Å². The van der Waals surface area contributed by atoms with Crippen LogP contribution in [0.1, 0.15) is 19.8 Å². The minimum Gasteiger partial charge on any atom is -0.454 e. The number of pyridine rings is 1. The molecule has 112 valence electrons. The minimum absolute atomic E-state index is 0.287. The number of unbranched alkanes of at least 4 members (excludes halogenated alkanes) is 1. The molecule has 4 nitrogen and oxygen atoms in total. The van der Waals surface area contributed by atoms with Gasteiger partial charge in [-0.1, -0.05) is 13.3 Å². The molecule has 0 unspecified atom stereocenters. The van der Waals surface area contributed by atoms with Crippen LogP contribution in [0.4, 0.5) is 5.82 Å². The zero-order valence-electron chi connectivity index (χ0n) is 12.1. The number of hydrogen-bond donors (Lipinski definition) is 0. The van der Waals surface area contributed by atoms with Crippen molar-refractivity contribution in [3.05, 3.63) is 24.4 Å². The summed E-state index contributed by atoms with van der Waals surface area (Å²) in [4.78, 5) is 6.83. The van der Waals surface area contributed by atoms with E-state index in [4.69, 9.17) is 21.1 Å². The Morgan fingerprint density at radius 3 is 2.81 bits per heavy atom. The van der Waals surface area contributed by atoms with Gasteiger partial charge in [0.1, 0.15) is 5.82 Å². The monoisotopic (exact) mass is 306 g/mol. The molecule has 3 rings (SSSR count). The molecule has 2 heterocycles. The second kappa shape index (κ2) is 6.39. The number of ether oxygens (including phenoxy) is 2. The van der Waals surface area contributed by atoms with Crippen LogP contribution in [-0.4, -0.2) is 30.7 Å². The molecule has 5 heteroatoms. The molecule has 0 saturated carbocycles. The third kappa shape index (κ3) is 2.86. The highest BCUT2D eigenvalue weighted by atomic mass is 35.5. The highest BCUT2D eigenvalue weighted by Gasteiger charge is 2.18. The lowest BCUT2D eigenvalue weighted by Crippen LogP contribution is -2.27. The third-order valence-electron chi connectivity index (χ3n) is 3.67. The summed E-state index contributed by atoms with van der Waals surface area (Å²) in [5.41, 5.74) is 0. The topological polar surface area (TPSA) is 34.6 Å². The van der Waals surface area contributed by atoms with Gasteiger partial charge in [0.05, 0.1) is 0 Å². The second-order valence-electron chi connectivity index (χ2n) is 5.09. The standard InChI is InChI=1S/C16H19ClN2O2/c1-2-3-7-19(8-5-17)16-13-10-15-14(20-11-21-15)9-12(13)4-6-18-16/h4,6,9-10H,2-3,5,7-8,11H2,1H3. The van der Waals surface area contributed by atoms with Crippen molar-refractivity contribution in [3.63, 3.8) is 0 Å². The largest absolute Gasteiger partial charge is 0.454 e. The van der Waals surface area contributed by atoms with Crippen LogP contribution in [0.25, 0.3) is 10.8 Å². The van der Waals surface area contributed by atoms with Gasteiger partial charge < -0.3 is 14.4 Å². The molecule has 0 aliphatic carbocycles. The first-order valence-corrected chi connectivity index (χ1v) is 7.86. The van der Waals surface area contributed by atoms with E-state index >= 15 is 0 Å². The van der Waals surface area contributed by atoms with Crippen molar-refractivity contribution in [1.29, 1.82) is 0 Å². The van der Waals surface area contributed by atoms with Crippen LogP contribution in [0.2, 0.25) is 0 Å². The Hall–Kier alpha value is -1.68. The van der Waals surface area contributed by atoms with Gasteiger partial charge in [0.15, 0.2) is 11.5 Å². The molecule has 2 aromatic rings. The van der Waals surface area contributed by atoms with E-state index < -0.39 is 0 Å². The molecular formula is C16H19ClN2O2. The maximum Gasteiger partial charge on any atom is 0.231 e. The van der Waals surface area contributed by atoms with Gasteiger partial charge >= 0.3 is 0 Å². The van der Waals surface area contributed by atoms with Crippen molar-refractivity contribution in [2.45, 2.75) is 19.8 Å². The number of anilines is 1. The fourth-order valence-corrected chi connectivity index (χ4v) is 2.78. The summed E-state index contributed by atoms with van der Waals surface area (Å²) < 4.78 is 10.9. The number of nitrogens with zero attached hydrogens (tertiary/aromatic N) is 2. The highest BCUT2D eigenvalue weighted by molar-refractivity contribution is 6.18. The Kier molecular flexibility index (Phi) is 4.34. The van der Waals surface area contributed by atoms with Crippen LogP contribution in [0.5, 0.6) is 11.5 Å². The van der Waals surface area contributed by atoms with E-state index in [2.05, 4.69) is 16.8 Å². The summed E-state index contributed by atoms with van der Waals surface area (Å²) in [5.74, 6) is 3.15. The Bertz CT molecular complexity index is 633. The fourth-order valence-electron chi connectivity index (χ4n) is 2.57. The first kappa shape index (κ1) is 14.3. The Morgan fingerprint density at radius 1 is 1.24 bits per heavy atom. The number of aromatic nitrogens is 1. The predicted molar refractivity (Wildman–Crippen MR) is 85.7 cm³/mol. The maximum atomic E-state index is 5.96. The van der Waals surface area contributed by atoms with Gasteiger partial charge in [-0.25, -0.2) is 4.98 Å². The number of benzene rings is 1. The Labute approximate surface area is 129 Å². The molecule has 1 aromatic carbocycles. The molecular weight excluding hydrogens is 288 g/mol. The van der Waals surface area contributed by atoms with Crippen molar-refractivity contribution in [2.24, 2.45) is 0 Å². The first-order valence-electron chi connectivity index (χ1n) is 7.32. The lowest BCUT2D eigenvalue weighted by Gasteiger charge is -2.24. The molecule has 0 fully saturated rings. The molecule has 0 amide bonds. The number of rotatable bonds is 6. The fraction of sp³-hybridized carbons (Fsp3) is 0.438. The molecule has 21 heavy (non-hydrogen) atoms. The second-order valence-corrected chi connectivity index (χ2v) is 5.47. The minimum atomic E-state index is 0.287. The maximum absolute atomic E-state index is 5.96. The zero-order valence-corrected chi connectivity index (χ0v) is 12.9. The molecule has 0 bridgehead atoms. The van der Waals surface area contributed by atoms with Crippen LogP contribution < -0.4 is 14.4 Å². The summed E-state index contributed by atoms with van der Waals surface area (Å²) in [7, 11) is 0. The van der Waals surface area contributed by atoms with Crippen LogP contribution in [0.15, 0.2) is 24.4 Å². The normalized spacial score (nSPS) is 12.9. The van der Waals surface area contributed by atoms with E-state index in [1.54, 1.807) is 0 Å². The van der Waals surface area contributed by atoms with Gasteiger partial charge in [0.25, 0.3) is 0 Å². The number of fused-ring (bicyclic) bond motifs is 2. The van der Waals surface area contributed by atoms with Crippen LogP contribution in [-0.2, 0) is 0 Å². The van der Waals surface area contributed by atoms with E-state index in [-0.39, 0.29) is 6.79 Å². The van der Waals surface area contributed by atoms with E-state index in [9.17, 15) is 0 Å². The summed E-state index contributed by atoms with van der Waals surface area (Å²) in [6, 6.07) is 6.04. The molecule has 0 radical (unpaired) electrons. The summed E-state index contributed by atoms with van der Waals surface area (Å²) in [5, 5.41) is 2.20. The highest BCUT2D eigenvalue weighted by Crippen LogP contribution is 2.38. The van der Waals surface area contributed by atoms with Gasteiger partial charge in [0, 0.05) is 30.6 Å². The number of halogens is 1. The van der Waals surface area contributed by atoms with Crippen LogP contribution in [0, 0.1) is 0 Å². The molecule has 0 spiro atoms. The molecule has 1 aliphatic heterocycles. The summed E-state index contributed by atoms with van der Waals surface area (Å²) >= 11 is 5.96. The van der Waals surface area contributed by atoms with Gasteiger partial charge in [-0.2, -0.15) is 0 Å². The van der Waals surface area contributed by atoms with Crippen molar-refractivity contribution >= 4 is 28.2 Å². The number of hydrogen-bond acceptors (Lipinski definition) is 4. The van der Waals surface area contributed by atoms with E-state index in [1.807, 2.05) is 24.4 Å². The zero-order chi connectivity index (χ0) is 14.7. The lowest BCUT2D eigenvalue weighted by molar-refractivity contribution is 0.174. The van der Waals surface area contributed by atoms with Crippen LogP contribution >= 0.6 is 11.6 Å². The first-order chi connectivity index (χ1) is 10.3. The summed E-state index contributed by atoms with van der Waals surface area (Å²) in [6.07, 6.45) is 4.11. The van der Waals surface area contributed by atoms with E-state index in [1.165, 1.54) is 0 Å². The van der Waals surface area contributed by atoms with E-state index in [0.717, 1.165) is 54.0 Å². The van der Waals surface area contributed by atoms with Gasteiger partial charge in [0.2, 0.25) is 6.79 Å². The SMILES string of the molecule is CCCCN(CCCl)c1nccc2cc3c(cc12)OCO3. The van der Waals surface area contributed by atoms with Crippen molar-refractivity contribution in [3.8, 4) is 11.5 Å². The van der Waals surface area contributed by atoms with Crippen LogP contribution in [0.3, 0.4) is 0 Å². The molecule has 0 saturated heterocycles. The molecule has 0 N–H and O–H groups in total. The molecule has 1 aliphatic rings.